The van der Waals surface area contributed by atoms with E-state index in [-0.39, 0.29) is 36.5 Å². The van der Waals surface area contributed by atoms with Gasteiger partial charge in [0.1, 0.15) is 6.10 Å². The number of aliphatic hydroxyl groups excluding tert-OH is 3. The Labute approximate surface area is 253 Å². The van der Waals surface area contributed by atoms with Gasteiger partial charge in [-0.05, 0) is 70.4 Å². The lowest BCUT2D eigenvalue weighted by Gasteiger charge is -2.23. The van der Waals surface area contributed by atoms with Crippen LogP contribution in [-0.2, 0) is 19.0 Å². The van der Waals surface area contributed by atoms with Crippen LogP contribution < -0.4 is 0 Å². The number of cyclic esters (lactones) is 1. The summed E-state index contributed by atoms with van der Waals surface area (Å²) in [5.41, 5.74) is 0.561. The Morgan fingerprint density at radius 3 is 2.21 bits per heavy atom. The van der Waals surface area contributed by atoms with E-state index in [9.17, 15) is 20.1 Å². The Morgan fingerprint density at radius 1 is 0.905 bits per heavy atom. The molecule has 0 amide bonds. The molecular weight excluding hydrogens is 532 g/mol. The van der Waals surface area contributed by atoms with Crippen molar-refractivity contribution in [2.75, 3.05) is 0 Å². The van der Waals surface area contributed by atoms with Crippen molar-refractivity contribution in [3.63, 3.8) is 0 Å². The normalized spacial score (nSPS) is 27.6. The van der Waals surface area contributed by atoms with Crippen molar-refractivity contribution < 1.29 is 34.3 Å². The van der Waals surface area contributed by atoms with Gasteiger partial charge in [0.05, 0.1) is 42.7 Å². The number of aliphatic hydroxyl groups is 3. The van der Waals surface area contributed by atoms with Crippen LogP contribution in [0.25, 0.3) is 0 Å². The molecule has 0 aliphatic carbocycles. The van der Waals surface area contributed by atoms with E-state index in [1.807, 2.05) is 13.0 Å². The van der Waals surface area contributed by atoms with E-state index in [0.717, 1.165) is 51.4 Å². The predicted octanol–water partition coefficient (Wildman–Crippen LogP) is 5.30. The molecule has 0 radical (unpaired) electrons. The predicted molar refractivity (Wildman–Crippen MR) is 163 cm³/mol. The van der Waals surface area contributed by atoms with Gasteiger partial charge in [0, 0.05) is 31.3 Å². The topological polar surface area (TPSA) is 105 Å². The third-order valence-electron chi connectivity index (χ3n) is 8.25. The van der Waals surface area contributed by atoms with Crippen LogP contribution in [0.1, 0.15) is 117 Å². The maximum absolute atomic E-state index is 11.6. The van der Waals surface area contributed by atoms with Gasteiger partial charge < -0.3 is 29.5 Å². The molecule has 3 aliphatic heterocycles. The van der Waals surface area contributed by atoms with E-state index in [1.165, 1.54) is 25.7 Å². The fourth-order valence-corrected chi connectivity index (χ4v) is 5.81. The molecule has 3 aliphatic rings. The van der Waals surface area contributed by atoms with Crippen molar-refractivity contribution >= 4 is 5.97 Å². The SMILES string of the molecule is CCCCCCCC#CC[C@@H](O)[C@H]1CC[C@H]([C@H]2CC[C@H]([C@H](O)CC#C/C=C/CCC[C@@H](O)CC3=C[C@H](C)OC3=O)O2)O1. The molecule has 3 N–H and O–H groups in total. The molecule has 3 rings (SSSR count). The molecule has 0 aromatic heterocycles. The quantitative estimate of drug-likeness (QED) is 0.128. The average molecular weight is 585 g/mol. The highest BCUT2D eigenvalue weighted by Gasteiger charge is 2.40. The highest BCUT2D eigenvalue weighted by molar-refractivity contribution is 5.90. The molecule has 2 fully saturated rings. The van der Waals surface area contributed by atoms with Gasteiger partial charge in [-0.3, -0.25) is 0 Å². The Bertz CT molecular complexity index is 996. The molecule has 0 unspecified atom stereocenters. The number of ether oxygens (including phenoxy) is 3. The molecule has 7 nitrogen and oxygen atoms in total. The number of hydrogen-bond acceptors (Lipinski definition) is 7. The number of carbonyl (C=O) groups excluding carboxylic acids is 1. The van der Waals surface area contributed by atoms with Crippen LogP contribution in [-0.4, -0.2) is 70.1 Å². The van der Waals surface area contributed by atoms with Crippen molar-refractivity contribution in [2.24, 2.45) is 0 Å². The minimum absolute atomic E-state index is 0.0480. The summed E-state index contributed by atoms with van der Waals surface area (Å²) in [5.74, 6) is 12.0. The Morgan fingerprint density at radius 2 is 1.57 bits per heavy atom. The number of carbonyl (C=O) groups is 1. The van der Waals surface area contributed by atoms with Gasteiger partial charge in [-0.15, -0.1) is 11.8 Å². The van der Waals surface area contributed by atoms with Gasteiger partial charge in [0.2, 0.25) is 0 Å². The standard InChI is InChI=1S/C35H52O7/c1-3-4-5-6-7-8-12-15-18-29(37)31-20-22-33(41-31)34-23-21-32(42-34)30(38)19-16-13-10-9-11-14-17-28(36)25-27-24-26(2)40-35(27)39/h9-10,24,26,28-34,36-38H,3-8,11,14,17-23,25H2,1-2H3/b10-9+/t26-,28+,29+,30+,31+,32+,33+,34+/m0/s1. The second-order valence-electron chi connectivity index (χ2n) is 12.0. The molecule has 42 heavy (non-hydrogen) atoms. The summed E-state index contributed by atoms with van der Waals surface area (Å²) in [6, 6.07) is 0. The van der Waals surface area contributed by atoms with Gasteiger partial charge in [0.15, 0.2) is 0 Å². The van der Waals surface area contributed by atoms with Gasteiger partial charge >= 0.3 is 5.97 Å². The maximum atomic E-state index is 11.6. The Hall–Kier alpha value is -2.13. The number of esters is 1. The lowest BCUT2D eigenvalue weighted by molar-refractivity contribution is -0.139. The van der Waals surface area contributed by atoms with E-state index in [2.05, 4.69) is 30.6 Å². The summed E-state index contributed by atoms with van der Waals surface area (Å²) in [4.78, 5) is 11.6. The van der Waals surface area contributed by atoms with E-state index < -0.39 is 18.3 Å². The van der Waals surface area contributed by atoms with Gasteiger partial charge in [-0.25, -0.2) is 4.79 Å². The zero-order valence-electron chi connectivity index (χ0n) is 25.6. The van der Waals surface area contributed by atoms with Crippen molar-refractivity contribution in [1.29, 1.82) is 0 Å². The van der Waals surface area contributed by atoms with Crippen molar-refractivity contribution in [1.82, 2.24) is 0 Å². The van der Waals surface area contributed by atoms with Gasteiger partial charge in [-0.2, -0.15) is 0 Å². The maximum Gasteiger partial charge on any atom is 0.334 e. The number of hydrogen-bond donors (Lipinski definition) is 3. The molecule has 234 valence electrons. The lowest BCUT2D eigenvalue weighted by Crippen LogP contribution is -2.33. The Balaban J connectivity index is 1.25. The van der Waals surface area contributed by atoms with E-state index in [1.54, 1.807) is 12.2 Å². The van der Waals surface area contributed by atoms with Crippen LogP contribution in [0.15, 0.2) is 23.8 Å². The fraction of sp³-hybridized carbons (Fsp3) is 0.743. The summed E-state index contributed by atoms with van der Waals surface area (Å²) < 4.78 is 17.4. The third kappa shape index (κ3) is 12.2. The second-order valence-corrected chi connectivity index (χ2v) is 12.0. The lowest BCUT2D eigenvalue weighted by atomic mass is 10.0. The molecule has 0 saturated carbocycles. The highest BCUT2D eigenvalue weighted by atomic mass is 16.6. The molecule has 0 aromatic rings. The van der Waals surface area contributed by atoms with Crippen LogP contribution in [0.5, 0.6) is 0 Å². The largest absolute Gasteiger partial charge is 0.455 e. The highest BCUT2D eigenvalue weighted by Crippen LogP contribution is 2.34. The van der Waals surface area contributed by atoms with E-state index in [0.29, 0.717) is 31.3 Å². The van der Waals surface area contributed by atoms with Crippen LogP contribution in [0.2, 0.25) is 0 Å². The number of unbranched alkanes of at least 4 members (excludes halogenated alkanes) is 6. The first-order valence-electron chi connectivity index (χ1n) is 16.2. The molecular formula is C35H52O7. The minimum atomic E-state index is -0.648. The van der Waals surface area contributed by atoms with E-state index in [4.69, 9.17) is 14.2 Å². The molecule has 0 aromatic carbocycles. The fourth-order valence-electron chi connectivity index (χ4n) is 5.81. The summed E-state index contributed by atoms with van der Waals surface area (Å²) in [6.45, 7) is 4.02. The smallest absolute Gasteiger partial charge is 0.334 e. The van der Waals surface area contributed by atoms with Crippen molar-refractivity contribution in [3.8, 4) is 23.7 Å². The zero-order chi connectivity index (χ0) is 30.2. The molecule has 8 atom stereocenters. The second kappa shape index (κ2) is 19.2. The summed E-state index contributed by atoms with van der Waals surface area (Å²) in [7, 11) is 0. The molecule has 0 spiro atoms. The first-order chi connectivity index (χ1) is 20.4. The summed E-state index contributed by atoms with van der Waals surface area (Å²) in [6.07, 6.45) is 16.6. The molecule has 7 heteroatoms. The number of rotatable bonds is 16. The van der Waals surface area contributed by atoms with Crippen LogP contribution in [0.3, 0.4) is 0 Å². The van der Waals surface area contributed by atoms with Gasteiger partial charge in [-0.1, -0.05) is 50.5 Å². The molecule has 3 heterocycles. The minimum Gasteiger partial charge on any atom is -0.455 e. The Kier molecular flexibility index (Phi) is 15.7. The first kappa shape index (κ1) is 34.4. The van der Waals surface area contributed by atoms with Crippen LogP contribution in [0, 0.1) is 23.7 Å². The number of allylic oxidation sites excluding steroid dienone is 2. The average Bonchev–Trinajstić information content (AvgIpc) is 3.72. The third-order valence-corrected chi connectivity index (χ3v) is 8.25. The van der Waals surface area contributed by atoms with Gasteiger partial charge in [0.25, 0.3) is 0 Å². The van der Waals surface area contributed by atoms with Crippen molar-refractivity contribution in [2.45, 2.75) is 165 Å². The first-order valence-corrected chi connectivity index (χ1v) is 16.2. The van der Waals surface area contributed by atoms with Crippen LogP contribution in [0.4, 0.5) is 0 Å². The zero-order valence-corrected chi connectivity index (χ0v) is 25.6. The van der Waals surface area contributed by atoms with E-state index >= 15 is 0 Å². The summed E-state index contributed by atoms with van der Waals surface area (Å²) >= 11 is 0. The summed E-state index contributed by atoms with van der Waals surface area (Å²) in [5, 5.41) is 31.3. The van der Waals surface area contributed by atoms with Crippen LogP contribution >= 0.6 is 0 Å². The van der Waals surface area contributed by atoms with Crippen molar-refractivity contribution in [3.05, 3.63) is 23.8 Å². The molecule has 0 bridgehead atoms. The molecule has 2 saturated heterocycles. The monoisotopic (exact) mass is 584 g/mol.